The second-order valence-electron chi connectivity index (χ2n) is 11.8. The highest BCUT2D eigenvalue weighted by molar-refractivity contribution is 6.05. The van der Waals surface area contributed by atoms with Gasteiger partial charge in [-0.05, 0) is 74.3 Å². The number of imide groups is 1. The fourth-order valence-corrected chi connectivity index (χ4v) is 5.52. The summed E-state index contributed by atoms with van der Waals surface area (Å²) in [4.78, 5) is 68.8. The van der Waals surface area contributed by atoms with E-state index in [1.165, 1.54) is 17.0 Å². The van der Waals surface area contributed by atoms with Gasteiger partial charge in [0, 0.05) is 30.6 Å². The normalized spacial score (nSPS) is 18.4. The first-order valence-electron chi connectivity index (χ1n) is 14.7. The molecule has 2 heterocycles. The van der Waals surface area contributed by atoms with Gasteiger partial charge in [0.1, 0.15) is 17.4 Å². The predicted molar refractivity (Wildman–Crippen MR) is 156 cm³/mol. The minimum Gasteiger partial charge on any atom is -0.442 e. The Hall–Kier alpha value is -4.26. The van der Waals surface area contributed by atoms with E-state index in [0.29, 0.717) is 23.2 Å². The van der Waals surface area contributed by atoms with Crippen LogP contribution in [0.4, 0.5) is 13.2 Å². The minimum atomic E-state index is -3.89. The van der Waals surface area contributed by atoms with Gasteiger partial charge in [-0.2, -0.15) is 8.78 Å². The Kier molecular flexibility index (Phi) is 9.71. The van der Waals surface area contributed by atoms with Crippen LogP contribution in [-0.4, -0.2) is 76.2 Å². The lowest BCUT2D eigenvalue weighted by molar-refractivity contribution is -0.172. The highest BCUT2D eigenvalue weighted by atomic mass is 19.3. The van der Waals surface area contributed by atoms with Crippen LogP contribution in [-0.2, 0) is 42.9 Å². The van der Waals surface area contributed by atoms with E-state index in [9.17, 15) is 37.1 Å². The number of esters is 1. The van der Waals surface area contributed by atoms with Crippen molar-refractivity contribution in [3.8, 4) is 0 Å². The summed E-state index contributed by atoms with van der Waals surface area (Å²) in [5, 5.41) is 2.17. The molecule has 4 amide bonds. The van der Waals surface area contributed by atoms with Crippen LogP contribution in [0.5, 0.6) is 0 Å². The van der Waals surface area contributed by atoms with E-state index in [2.05, 4.69) is 5.32 Å². The van der Waals surface area contributed by atoms with Crippen molar-refractivity contribution < 1.29 is 41.9 Å². The molecule has 0 radical (unpaired) electrons. The molecule has 0 saturated carbocycles. The van der Waals surface area contributed by atoms with Crippen molar-refractivity contribution in [2.45, 2.75) is 71.1 Å². The van der Waals surface area contributed by atoms with E-state index < -0.39 is 65.2 Å². The van der Waals surface area contributed by atoms with Crippen molar-refractivity contribution in [1.29, 1.82) is 0 Å². The number of benzene rings is 2. The maximum Gasteiger partial charge on any atom is 0.349 e. The number of carbonyl (C=O) groups is 5. The number of carbonyl (C=O) groups excluding carboxylic acids is 5. The first-order valence-corrected chi connectivity index (χ1v) is 14.7. The second kappa shape index (κ2) is 13.0. The quantitative estimate of drug-likeness (QED) is 0.298. The van der Waals surface area contributed by atoms with Crippen molar-refractivity contribution in [3.05, 3.63) is 70.5 Å². The van der Waals surface area contributed by atoms with Crippen LogP contribution in [0.15, 0.2) is 42.5 Å². The molecule has 45 heavy (non-hydrogen) atoms. The van der Waals surface area contributed by atoms with Gasteiger partial charge in [0.25, 0.3) is 17.7 Å². The molecule has 242 valence electrons. The molecule has 1 fully saturated rings. The average molecular weight is 631 g/mol. The molecule has 0 spiro atoms. The molecule has 1 N–H and O–H groups in total. The first kappa shape index (κ1) is 33.6. The molecule has 10 nitrogen and oxygen atoms in total. The van der Waals surface area contributed by atoms with Gasteiger partial charge in [0.05, 0.1) is 0 Å². The monoisotopic (exact) mass is 630 g/mol. The van der Waals surface area contributed by atoms with Gasteiger partial charge in [-0.15, -0.1) is 0 Å². The van der Waals surface area contributed by atoms with Gasteiger partial charge in [-0.25, -0.2) is 14.1 Å². The molecule has 0 aliphatic carbocycles. The number of piperidine rings is 1. The number of ether oxygens (including phenoxy) is 1. The van der Waals surface area contributed by atoms with Crippen molar-refractivity contribution in [2.75, 3.05) is 20.3 Å². The Labute approximate surface area is 259 Å². The van der Waals surface area contributed by atoms with Gasteiger partial charge < -0.3 is 15.0 Å². The number of likely N-dealkylation sites (tertiary alicyclic amines) is 1. The summed E-state index contributed by atoms with van der Waals surface area (Å²) in [5.74, 6) is -8.49. The Morgan fingerprint density at radius 1 is 1.11 bits per heavy atom. The van der Waals surface area contributed by atoms with Crippen LogP contribution in [0.3, 0.4) is 0 Å². The number of nitrogens with one attached hydrogen (secondary N) is 1. The van der Waals surface area contributed by atoms with Crippen LogP contribution < -0.4 is 5.32 Å². The third kappa shape index (κ3) is 6.44. The number of amides is 4. The molecule has 13 heteroatoms. The number of hydrogen-bond acceptors (Lipinski definition) is 7. The van der Waals surface area contributed by atoms with E-state index in [-0.39, 0.29) is 31.8 Å². The van der Waals surface area contributed by atoms with Crippen LogP contribution in [0.2, 0.25) is 0 Å². The van der Waals surface area contributed by atoms with Gasteiger partial charge in [0.15, 0.2) is 6.73 Å². The van der Waals surface area contributed by atoms with Gasteiger partial charge in [-0.1, -0.05) is 32.9 Å². The van der Waals surface area contributed by atoms with Crippen LogP contribution in [0.25, 0.3) is 0 Å². The number of fused-ring (bicyclic) bond motifs is 1. The largest absolute Gasteiger partial charge is 0.442 e. The summed E-state index contributed by atoms with van der Waals surface area (Å²) in [7, 11) is 1.79. The molecule has 2 aliphatic rings. The lowest BCUT2D eigenvalue weighted by Crippen LogP contribution is -2.58. The number of nitrogens with zero attached hydrogens (tertiary/aromatic N) is 3. The molecule has 2 aromatic carbocycles. The number of hydrogen-bond donors (Lipinski definition) is 1. The highest BCUT2D eigenvalue weighted by Crippen LogP contribution is 2.32. The Morgan fingerprint density at radius 3 is 2.40 bits per heavy atom. The number of likely N-dealkylation sites (N-methyl/N-ethyl adjacent to an activating group) is 1. The molecule has 4 rings (SSSR count). The second-order valence-corrected chi connectivity index (χ2v) is 11.8. The van der Waals surface area contributed by atoms with Gasteiger partial charge in [-0.3, -0.25) is 24.1 Å². The van der Waals surface area contributed by atoms with Crippen molar-refractivity contribution in [3.63, 3.8) is 0 Å². The van der Waals surface area contributed by atoms with Gasteiger partial charge >= 0.3 is 11.9 Å². The maximum atomic E-state index is 14.6. The van der Waals surface area contributed by atoms with E-state index in [4.69, 9.17) is 4.74 Å². The Bertz CT molecular complexity index is 1500. The molecule has 0 bridgehead atoms. The first-order chi connectivity index (χ1) is 21.1. The van der Waals surface area contributed by atoms with Crippen molar-refractivity contribution >= 4 is 29.6 Å². The van der Waals surface area contributed by atoms with E-state index in [1.807, 2.05) is 25.7 Å². The summed E-state index contributed by atoms with van der Waals surface area (Å²) < 4.78 is 47.8. The highest BCUT2D eigenvalue weighted by Gasteiger charge is 2.46. The fraction of sp³-hybridized carbons (Fsp3) is 0.469. The van der Waals surface area contributed by atoms with Crippen molar-refractivity contribution in [1.82, 2.24) is 20.0 Å². The molecule has 1 saturated heterocycles. The number of alkyl halides is 2. The Balaban J connectivity index is 1.41. The fourth-order valence-electron chi connectivity index (χ4n) is 5.52. The molecule has 2 unspecified atom stereocenters. The Morgan fingerprint density at radius 2 is 1.78 bits per heavy atom. The summed E-state index contributed by atoms with van der Waals surface area (Å²) in [6.07, 6.45) is 0.0510. The van der Waals surface area contributed by atoms with Crippen molar-refractivity contribution in [2.24, 2.45) is 5.92 Å². The lowest BCUT2D eigenvalue weighted by atomic mass is 9.87. The predicted octanol–water partition coefficient (Wildman–Crippen LogP) is 3.57. The lowest BCUT2D eigenvalue weighted by Gasteiger charge is -2.40. The summed E-state index contributed by atoms with van der Waals surface area (Å²) >= 11 is 0. The van der Waals surface area contributed by atoms with Crippen LogP contribution >= 0.6 is 0 Å². The smallest absolute Gasteiger partial charge is 0.349 e. The van der Waals surface area contributed by atoms with E-state index >= 15 is 0 Å². The van der Waals surface area contributed by atoms with Crippen LogP contribution in [0, 0.1) is 11.7 Å². The zero-order valence-corrected chi connectivity index (χ0v) is 25.9. The molecule has 0 aromatic heterocycles. The summed E-state index contributed by atoms with van der Waals surface area (Å²) in [5.41, 5.74) is -0.375. The van der Waals surface area contributed by atoms with Gasteiger partial charge in [0.2, 0.25) is 5.91 Å². The number of rotatable bonds is 11. The molecule has 2 atom stereocenters. The average Bonchev–Trinajstić information content (AvgIpc) is 3.33. The molecular weight excluding hydrogens is 593 g/mol. The zero-order valence-electron chi connectivity index (χ0n) is 25.9. The SMILES string of the molecule is CCN(C)C(C)(C(=O)OCN1C(=O)CCC(N2Cc3cc(CNC(=O)C(F)(F)c4ccc(F)cc4)ccc3C2=O)C1=O)C(C)C. The number of halogens is 3. The minimum absolute atomic E-state index is 0.0205. The summed E-state index contributed by atoms with van der Waals surface area (Å²) in [6.45, 7) is 7.13. The third-order valence-corrected chi connectivity index (χ3v) is 8.94. The standard InChI is InChI=1S/C32H37F3N4O6/c1-6-37(5)31(4,19(2)3)30(44)45-18-39-26(40)14-13-25(28(39)42)38-17-21-15-20(7-12-24(21)27(38)41)16-36-29(43)32(34,35)22-8-10-23(33)11-9-22/h7-12,15,19,25H,6,13-14,16-18H2,1-5H3,(H,36,43). The third-order valence-electron chi connectivity index (χ3n) is 8.94. The van der Waals surface area contributed by atoms with E-state index in [0.717, 1.165) is 29.2 Å². The van der Waals surface area contributed by atoms with Crippen LogP contribution in [0.1, 0.15) is 67.6 Å². The maximum absolute atomic E-state index is 14.6. The zero-order chi connectivity index (χ0) is 33.3. The summed E-state index contributed by atoms with van der Waals surface area (Å²) in [6, 6.07) is 6.96. The topological polar surface area (TPSA) is 116 Å². The van der Waals surface area contributed by atoms with E-state index in [1.54, 1.807) is 20.0 Å². The molecule has 2 aromatic rings. The molecule has 2 aliphatic heterocycles. The molecular formula is C32H37F3N4O6.